The Morgan fingerprint density at radius 1 is 1.44 bits per heavy atom. The summed E-state index contributed by atoms with van der Waals surface area (Å²) in [7, 11) is 0. The van der Waals surface area contributed by atoms with Crippen LogP contribution in [0.3, 0.4) is 0 Å². The number of rotatable bonds is 6. The number of carboxylic acid groups (broad SMARTS) is 1. The van der Waals surface area contributed by atoms with Crippen LogP contribution in [0.15, 0.2) is 23.1 Å². The Morgan fingerprint density at radius 3 is 2.61 bits per heavy atom. The van der Waals surface area contributed by atoms with Gasteiger partial charge in [-0.05, 0) is 12.3 Å². The van der Waals surface area contributed by atoms with E-state index in [4.69, 9.17) is 16.7 Å². The normalized spacial score (nSPS) is 12.2. The number of halogens is 1. The van der Waals surface area contributed by atoms with Gasteiger partial charge in [0.05, 0.1) is 0 Å². The number of Topliss-reactive ketones (excluding diaryl/α,β-unsaturated/α-hetero) is 1. The first-order chi connectivity index (χ1) is 8.51. The third-order valence-corrected chi connectivity index (χ3v) is 3.39. The molecule has 1 atom stereocenters. The average Bonchev–Trinajstić information content (AvgIpc) is 2.37. The van der Waals surface area contributed by atoms with Crippen LogP contribution >= 0.6 is 23.4 Å². The zero-order valence-electron chi connectivity index (χ0n) is 9.72. The second kappa shape index (κ2) is 6.78. The Bertz CT molecular complexity index is 461. The number of ketones is 1. The largest absolute Gasteiger partial charge is 0.479 e. The molecule has 0 amide bonds. The van der Waals surface area contributed by atoms with Crippen LogP contribution in [0.4, 0.5) is 0 Å². The van der Waals surface area contributed by atoms with Crippen LogP contribution in [-0.4, -0.2) is 34.1 Å². The fraction of sp³-hybridized carbons (Fsp3) is 0.333. The number of benzene rings is 1. The first-order valence-electron chi connectivity index (χ1n) is 5.19. The van der Waals surface area contributed by atoms with Gasteiger partial charge in [0.15, 0.2) is 11.9 Å². The van der Waals surface area contributed by atoms with Crippen molar-refractivity contribution < 1.29 is 19.8 Å². The lowest BCUT2D eigenvalue weighted by Crippen LogP contribution is -2.12. The number of hydrogen-bond donors (Lipinski definition) is 2. The van der Waals surface area contributed by atoms with Crippen molar-refractivity contribution >= 4 is 35.1 Å². The van der Waals surface area contributed by atoms with Crippen molar-refractivity contribution in [1.29, 1.82) is 0 Å². The number of aliphatic hydroxyl groups is 1. The number of carbonyl (C=O) groups is 2. The number of aliphatic carboxylic acids is 1. The van der Waals surface area contributed by atoms with Crippen molar-refractivity contribution in [3.63, 3.8) is 0 Å². The van der Waals surface area contributed by atoms with Crippen molar-refractivity contribution in [2.24, 2.45) is 0 Å². The van der Waals surface area contributed by atoms with Gasteiger partial charge < -0.3 is 10.2 Å². The first-order valence-corrected chi connectivity index (χ1v) is 6.95. The van der Waals surface area contributed by atoms with E-state index in [1.54, 1.807) is 12.3 Å². The molecule has 0 fully saturated rings. The minimum Gasteiger partial charge on any atom is -0.479 e. The highest BCUT2D eigenvalue weighted by Gasteiger charge is 2.20. The molecule has 2 N–H and O–H groups in total. The second-order valence-corrected chi connectivity index (χ2v) is 4.79. The van der Waals surface area contributed by atoms with Gasteiger partial charge in [0.25, 0.3) is 0 Å². The van der Waals surface area contributed by atoms with E-state index in [2.05, 4.69) is 0 Å². The van der Waals surface area contributed by atoms with Gasteiger partial charge in [0, 0.05) is 28.3 Å². The molecule has 1 aromatic carbocycles. The van der Waals surface area contributed by atoms with Crippen LogP contribution in [0, 0.1) is 0 Å². The summed E-state index contributed by atoms with van der Waals surface area (Å²) in [5.41, 5.74) is 0.763. The van der Waals surface area contributed by atoms with Crippen LogP contribution in [-0.2, 0) is 4.79 Å². The van der Waals surface area contributed by atoms with E-state index in [1.165, 1.54) is 23.9 Å². The molecule has 0 aliphatic heterocycles. The molecule has 18 heavy (non-hydrogen) atoms. The summed E-state index contributed by atoms with van der Waals surface area (Å²) >= 11 is 6.78. The summed E-state index contributed by atoms with van der Waals surface area (Å²) < 4.78 is 0. The smallest absolute Gasteiger partial charge is 0.337 e. The van der Waals surface area contributed by atoms with E-state index in [-0.39, 0.29) is 23.6 Å². The molecule has 1 aromatic rings. The highest BCUT2D eigenvalue weighted by Crippen LogP contribution is 2.27. The predicted molar refractivity (Wildman–Crippen MR) is 70.5 cm³/mol. The second-order valence-electron chi connectivity index (χ2n) is 3.56. The maximum atomic E-state index is 11.7. The molecule has 0 saturated heterocycles. The highest BCUT2D eigenvalue weighted by atomic mass is 35.5. The fourth-order valence-electron chi connectivity index (χ4n) is 1.47. The number of aliphatic hydroxyl groups excluding tert-OH is 1. The van der Waals surface area contributed by atoms with Crippen LogP contribution in [0.2, 0.25) is 0 Å². The predicted octanol–water partition coefficient (Wildman–Crippen LogP) is 2.34. The summed E-state index contributed by atoms with van der Waals surface area (Å²) in [6, 6.07) is 4.56. The monoisotopic (exact) mass is 288 g/mol. The molecule has 1 rings (SSSR count). The minimum atomic E-state index is -1.58. The van der Waals surface area contributed by atoms with Gasteiger partial charge in [0.1, 0.15) is 0 Å². The van der Waals surface area contributed by atoms with E-state index in [1.807, 2.05) is 0 Å². The van der Waals surface area contributed by atoms with Crippen LogP contribution in [0.5, 0.6) is 0 Å². The van der Waals surface area contributed by atoms with Gasteiger partial charge in [-0.15, -0.1) is 23.4 Å². The molecule has 1 unspecified atom stereocenters. The SMILES string of the molecule is CSc1cc(C(=O)CCCl)ccc1C(O)C(=O)O. The number of hydrogen-bond acceptors (Lipinski definition) is 4. The van der Waals surface area contributed by atoms with Crippen molar-refractivity contribution in [1.82, 2.24) is 0 Å². The number of carbonyl (C=O) groups excluding carboxylic acids is 1. The first kappa shape index (κ1) is 15.0. The number of alkyl halides is 1. The Balaban J connectivity index is 3.11. The maximum absolute atomic E-state index is 11.7. The molecular formula is C12H13ClO4S. The van der Waals surface area contributed by atoms with Crippen LogP contribution < -0.4 is 0 Å². The molecule has 0 radical (unpaired) electrons. The molecule has 0 aliphatic rings. The van der Waals surface area contributed by atoms with E-state index in [9.17, 15) is 14.7 Å². The lowest BCUT2D eigenvalue weighted by molar-refractivity contribution is -0.147. The maximum Gasteiger partial charge on any atom is 0.337 e. The van der Waals surface area contributed by atoms with Crippen molar-refractivity contribution in [3.8, 4) is 0 Å². The fourth-order valence-corrected chi connectivity index (χ4v) is 2.31. The third-order valence-electron chi connectivity index (χ3n) is 2.41. The highest BCUT2D eigenvalue weighted by molar-refractivity contribution is 7.98. The van der Waals surface area contributed by atoms with Gasteiger partial charge in [-0.2, -0.15) is 0 Å². The van der Waals surface area contributed by atoms with E-state index < -0.39 is 12.1 Å². The van der Waals surface area contributed by atoms with Crippen LogP contribution in [0.1, 0.15) is 28.4 Å². The summed E-state index contributed by atoms with van der Waals surface area (Å²) in [5, 5.41) is 18.3. The van der Waals surface area contributed by atoms with Crippen molar-refractivity contribution in [2.45, 2.75) is 17.4 Å². The van der Waals surface area contributed by atoms with E-state index in [0.29, 0.717) is 10.5 Å². The molecule has 4 nitrogen and oxygen atoms in total. The number of carboxylic acids is 1. The topological polar surface area (TPSA) is 74.6 Å². The van der Waals surface area contributed by atoms with Gasteiger partial charge in [-0.1, -0.05) is 12.1 Å². The number of thioether (sulfide) groups is 1. The van der Waals surface area contributed by atoms with Crippen LogP contribution in [0.25, 0.3) is 0 Å². The van der Waals surface area contributed by atoms with Gasteiger partial charge >= 0.3 is 5.97 Å². The van der Waals surface area contributed by atoms with E-state index >= 15 is 0 Å². The summed E-state index contributed by atoms with van der Waals surface area (Å²) in [5.74, 6) is -1.17. The summed E-state index contributed by atoms with van der Waals surface area (Å²) in [4.78, 5) is 23.0. The zero-order chi connectivity index (χ0) is 13.7. The summed E-state index contributed by atoms with van der Waals surface area (Å²) in [6.45, 7) is 0. The Kier molecular flexibility index (Phi) is 5.65. The van der Waals surface area contributed by atoms with Gasteiger partial charge in [-0.3, -0.25) is 4.79 Å². The van der Waals surface area contributed by atoms with Gasteiger partial charge in [0.2, 0.25) is 0 Å². The lowest BCUT2D eigenvalue weighted by Gasteiger charge is -2.12. The third kappa shape index (κ3) is 3.48. The molecular weight excluding hydrogens is 276 g/mol. The Morgan fingerprint density at radius 2 is 2.11 bits per heavy atom. The molecule has 98 valence electrons. The van der Waals surface area contributed by atoms with Gasteiger partial charge in [-0.25, -0.2) is 4.79 Å². The average molecular weight is 289 g/mol. The molecule has 0 aromatic heterocycles. The molecule has 0 saturated carbocycles. The standard InChI is InChI=1S/C12H13ClO4S/c1-18-10-6-7(9(14)4-5-13)2-3-8(10)11(15)12(16)17/h2-3,6,11,15H,4-5H2,1H3,(H,16,17). The Hall–Kier alpha value is -1.04. The molecule has 0 spiro atoms. The minimum absolute atomic E-state index is 0.100. The molecule has 6 heteroatoms. The Labute approximate surface area is 114 Å². The quantitative estimate of drug-likeness (QED) is 0.477. The summed E-state index contributed by atoms with van der Waals surface area (Å²) in [6.07, 6.45) is 0.406. The van der Waals surface area contributed by atoms with Crippen molar-refractivity contribution in [2.75, 3.05) is 12.1 Å². The molecule has 0 aliphatic carbocycles. The lowest BCUT2D eigenvalue weighted by atomic mass is 10.0. The molecule has 0 heterocycles. The molecule has 0 bridgehead atoms. The van der Waals surface area contributed by atoms with E-state index in [0.717, 1.165) is 0 Å². The zero-order valence-corrected chi connectivity index (χ0v) is 11.3. The van der Waals surface area contributed by atoms with Crippen molar-refractivity contribution in [3.05, 3.63) is 29.3 Å².